The molecular formula is C30H40N2S. The van der Waals surface area contributed by atoms with Crippen molar-refractivity contribution in [2.45, 2.75) is 53.0 Å². The van der Waals surface area contributed by atoms with E-state index in [4.69, 9.17) is 0 Å². The molecule has 1 saturated heterocycles. The van der Waals surface area contributed by atoms with Gasteiger partial charge in [0, 0.05) is 39.1 Å². The second-order valence-electron chi connectivity index (χ2n) is 10.8. The van der Waals surface area contributed by atoms with Crippen LogP contribution in [0.15, 0.2) is 93.5 Å². The quantitative estimate of drug-likeness (QED) is 0.344. The van der Waals surface area contributed by atoms with Crippen LogP contribution in [0.3, 0.4) is 0 Å². The molecule has 0 aromatic carbocycles. The minimum absolute atomic E-state index is 0.113. The van der Waals surface area contributed by atoms with Crippen molar-refractivity contribution in [3.63, 3.8) is 0 Å². The molecule has 176 valence electrons. The van der Waals surface area contributed by atoms with Crippen molar-refractivity contribution in [3.05, 3.63) is 93.5 Å². The van der Waals surface area contributed by atoms with Gasteiger partial charge in [0.1, 0.15) is 0 Å². The molecule has 1 saturated carbocycles. The van der Waals surface area contributed by atoms with Crippen molar-refractivity contribution < 1.29 is 0 Å². The van der Waals surface area contributed by atoms with Crippen LogP contribution in [0.25, 0.3) is 0 Å². The van der Waals surface area contributed by atoms with Gasteiger partial charge in [0.25, 0.3) is 0 Å². The largest absolute Gasteiger partial charge is 0.352 e. The van der Waals surface area contributed by atoms with E-state index in [9.17, 15) is 0 Å². The highest BCUT2D eigenvalue weighted by Gasteiger charge is 2.52. The smallest absolute Gasteiger partial charge is 0.0711 e. The summed E-state index contributed by atoms with van der Waals surface area (Å²) in [5.41, 5.74) is 7.10. The van der Waals surface area contributed by atoms with E-state index in [0.29, 0.717) is 17.8 Å². The first kappa shape index (κ1) is 24.2. The zero-order chi connectivity index (χ0) is 23.9. The van der Waals surface area contributed by atoms with Crippen LogP contribution in [0, 0.1) is 17.8 Å². The molecule has 3 atom stereocenters. The van der Waals surface area contributed by atoms with Gasteiger partial charge in [-0.15, -0.1) is 0 Å². The van der Waals surface area contributed by atoms with E-state index >= 15 is 0 Å². The van der Waals surface area contributed by atoms with Crippen LogP contribution in [0.2, 0.25) is 0 Å². The average molecular weight is 461 g/mol. The molecule has 0 amide bonds. The van der Waals surface area contributed by atoms with Gasteiger partial charge in [0.05, 0.1) is 6.67 Å². The number of allylic oxidation sites excluding steroid dienone is 11. The molecule has 33 heavy (non-hydrogen) atoms. The highest BCUT2D eigenvalue weighted by molar-refractivity contribution is 8.07. The summed E-state index contributed by atoms with van der Waals surface area (Å²) in [4.78, 5) is 7.30. The van der Waals surface area contributed by atoms with E-state index in [0.717, 1.165) is 35.9 Å². The molecule has 4 aliphatic rings. The van der Waals surface area contributed by atoms with Gasteiger partial charge < -0.3 is 4.90 Å². The molecule has 0 spiro atoms. The second-order valence-corrected chi connectivity index (χ2v) is 12.0. The predicted octanol–water partition coefficient (Wildman–Crippen LogP) is 7.61. The Bertz CT molecular complexity index is 1030. The number of fused-ring (bicyclic) bond motifs is 1. The Labute approximate surface area is 205 Å². The van der Waals surface area contributed by atoms with E-state index in [-0.39, 0.29) is 5.54 Å². The molecular weight excluding hydrogens is 420 g/mol. The minimum Gasteiger partial charge on any atom is -0.352 e. The van der Waals surface area contributed by atoms with Crippen LogP contribution in [0.4, 0.5) is 0 Å². The van der Waals surface area contributed by atoms with Gasteiger partial charge in [-0.2, -0.15) is 0 Å². The second kappa shape index (κ2) is 9.35. The molecule has 0 aromatic heterocycles. The van der Waals surface area contributed by atoms with Crippen molar-refractivity contribution in [1.82, 2.24) is 9.80 Å². The Morgan fingerprint density at radius 3 is 2.64 bits per heavy atom. The fraction of sp³-hybridized carbons (Fsp3) is 0.467. The molecule has 0 radical (unpaired) electrons. The van der Waals surface area contributed by atoms with Gasteiger partial charge in [-0.25, -0.2) is 0 Å². The maximum absolute atomic E-state index is 4.54. The Balaban J connectivity index is 1.55. The maximum Gasteiger partial charge on any atom is 0.0711 e. The Morgan fingerprint density at radius 1 is 1.27 bits per heavy atom. The number of thioether (sulfide) groups is 1. The molecule has 1 aliphatic heterocycles. The summed E-state index contributed by atoms with van der Waals surface area (Å²) in [7, 11) is 2.23. The van der Waals surface area contributed by atoms with Gasteiger partial charge in [-0.05, 0) is 70.6 Å². The van der Waals surface area contributed by atoms with Crippen LogP contribution in [-0.2, 0) is 0 Å². The van der Waals surface area contributed by atoms with E-state index < -0.39 is 0 Å². The van der Waals surface area contributed by atoms with Gasteiger partial charge in [0.2, 0.25) is 0 Å². The van der Waals surface area contributed by atoms with Crippen molar-refractivity contribution in [3.8, 4) is 0 Å². The third kappa shape index (κ3) is 4.95. The molecule has 3 heteroatoms. The van der Waals surface area contributed by atoms with E-state index in [1.165, 1.54) is 22.4 Å². The molecule has 0 N–H and O–H groups in total. The Hall–Kier alpha value is -1.97. The van der Waals surface area contributed by atoms with Crippen LogP contribution >= 0.6 is 11.8 Å². The third-order valence-electron chi connectivity index (χ3n) is 7.41. The number of likely N-dealkylation sites (N-methyl/N-ethyl adjacent to an activating group) is 1. The molecule has 4 rings (SSSR count). The van der Waals surface area contributed by atoms with Gasteiger partial charge in [-0.3, -0.25) is 4.90 Å². The molecule has 2 nitrogen and oxygen atoms in total. The zero-order valence-electron chi connectivity index (χ0n) is 21.3. The summed E-state index contributed by atoms with van der Waals surface area (Å²) in [5.74, 6) is 1.82. The summed E-state index contributed by atoms with van der Waals surface area (Å²) < 4.78 is 0. The van der Waals surface area contributed by atoms with E-state index in [1.807, 2.05) is 0 Å². The molecule has 3 aliphatic carbocycles. The highest BCUT2D eigenvalue weighted by atomic mass is 32.2. The summed E-state index contributed by atoms with van der Waals surface area (Å²) in [5, 5.41) is 0. The number of rotatable bonds is 8. The SMILES string of the molecule is C=C(SC(=C)C1=CC2C(=C1N1CN(C)CC1(C)C)C2C/C=C\C(C)=C/C)C1=CCC(C)C=C1. The van der Waals surface area contributed by atoms with Gasteiger partial charge >= 0.3 is 0 Å². The summed E-state index contributed by atoms with van der Waals surface area (Å²) in [6.45, 7) is 22.2. The number of nitrogens with zero attached hydrogens (tertiary/aromatic N) is 2. The fourth-order valence-corrected chi connectivity index (χ4v) is 6.23. The molecule has 0 aromatic rings. The van der Waals surface area contributed by atoms with Crippen molar-refractivity contribution in [2.24, 2.45) is 17.8 Å². The number of hydrogen-bond donors (Lipinski definition) is 0. The molecule has 0 bridgehead atoms. The summed E-state index contributed by atoms with van der Waals surface area (Å²) in [6.07, 6.45) is 18.3. The third-order valence-corrected chi connectivity index (χ3v) is 8.36. The predicted molar refractivity (Wildman–Crippen MR) is 146 cm³/mol. The number of hydrogen-bond acceptors (Lipinski definition) is 3. The van der Waals surface area contributed by atoms with Crippen LogP contribution in [0.5, 0.6) is 0 Å². The van der Waals surface area contributed by atoms with Crippen LogP contribution in [0.1, 0.15) is 47.5 Å². The minimum atomic E-state index is 0.113. The maximum atomic E-state index is 4.54. The molecule has 2 fully saturated rings. The topological polar surface area (TPSA) is 6.48 Å². The first-order chi connectivity index (χ1) is 15.6. The standard InChI is InChI=1S/C30H40N2S/c1-9-20(2)11-10-12-25-27-17-26(23(5)33-22(4)24-15-13-21(3)14-16-24)29(28(25)27)32-19-31(8)18-30(32,6)7/h9-11,13,15-17,21,25,27H,4-5,12,14,18-19H2,1-3,6-8H3/b11-10-,20-9-. The van der Waals surface area contributed by atoms with Crippen molar-refractivity contribution in [1.29, 1.82) is 0 Å². The first-order valence-corrected chi connectivity index (χ1v) is 13.1. The lowest BCUT2D eigenvalue weighted by Crippen LogP contribution is -2.40. The normalized spacial score (nSPS) is 29.0. The highest BCUT2D eigenvalue weighted by Crippen LogP contribution is 2.60. The zero-order valence-corrected chi connectivity index (χ0v) is 22.1. The monoisotopic (exact) mass is 460 g/mol. The molecule has 3 unspecified atom stereocenters. The lowest BCUT2D eigenvalue weighted by Gasteiger charge is -2.35. The lowest BCUT2D eigenvalue weighted by atomic mass is 9.99. The van der Waals surface area contributed by atoms with Crippen molar-refractivity contribution in [2.75, 3.05) is 20.3 Å². The summed E-state index contributed by atoms with van der Waals surface area (Å²) in [6, 6.07) is 0. The van der Waals surface area contributed by atoms with E-state index in [2.05, 4.69) is 107 Å². The van der Waals surface area contributed by atoms with Crippen LogP contribution < -0.4 is 0 Å². The van der Waals surface area contributed by atoms with Gasteiger partial charge in [0.15, 0.2) is 0 Å². The Kier molecular flexibility index (Phi) is 6.85. The van der Waals surface area contributed by atoms with Crippen molar-refractivity contribution >= 4 is 11.8 Å². The fourth-order valence-electron chi connectivity index (χ4n) is 5.39. The van der Waals surface area contributed by atoms with Crippen LogP contribution in [-0.4, -0.2) is 35.6 Å². The average Bonchev–Trinajstić information content (AvgIpc) is 3.13. The first-order valence-electron chi connectivity index (χ1n) is 12.3. The van der Waals surface area contributed by atoms with Gasteiger partial charge in [-0.1, -0.05) is 79.9 Å². The van der Waals surface area contributed by atoms with E-state index in [1.54, 1.807) is 17.3 Å². The molecule has 1 heterocycles. The Morgan fingerprint density at radius 2 is 2.03 bits per heavy atom. The summed E-state index contributed by atoms with van der Waals surface area (Å²) >= 11 is 1.74. The lowest BCUT2D eigenvalue weighted by molar-refractivity contribution is 0.237.